The Hall–Kier alpha value is -2.34. The maximum absolute atomic E-state index is 2.38. The van der Waals surface area contributed by atoms with Crippen LogP contribution in [-0.2, 0) is 5.41 Å². The van der Waals surface area contributed by atoms with Crippen LogP contribution in [0.25, 0.3) is 0 Å². The van der Waals surface area contributed by atoms with Crippen LogP contribution in [0, 0.1) is 13.8 Å². The summed E-state index contributed by atoms with van der Waals surface area (Å²) in [6, 6.07) is 26.9. The molecule has 0 spiro atoms. The molecule has 1 unspecified atom stereocenters. The first-order valence-electron chi connectivity index (χ1n) is 9.12. The van der Waals surface area contributed by atoms with Crippen LogP contribution < -0.4 is 0 Å². The van der Waals surface area contributed by atoms with Gasteiger partial charge < -0.3 is 0 Å². The first-order valence-corrected chi connectivity index (χ1v) is 9.12. The predicted molar refractivity (Wildman–Crippen MR) is 108 cm³/mol. The summed E-state index contributed by atoms with van der Waals surface area (Å²) < 4.78 is 0. The van der Waals surface area contributed by atoms with E-state index < -0.39 is 0 Å². The third-order valence-corrected chi connectivity index (χ3v) is 5.46. The quantitative estimate of drug-likeness (QED) is 0.495. The highest BCUT2D eigenvalue weighted by Gasteiger charge is 2.23. The Balaban J connectivity index is 1.95. The first kappa shape index (κ1) is 17.5. The molecule has 25 heavy (non-hydrogen) atoms. The van der Waals surface area contributed by atoms with Crippen molar-refractivity contribution in [2.45, 2.75) is 46.0 Å². The van der Waals surface area contributed by atoms with Crippen molar-refractivity contribution in [2.75, 3.05) is 0 Å². The lowest BCUT2D eigenvalue weighted by Crippen LogP contribution is -2.19. The summed E-state index contributed by atoms with van der Waals surface area (Å²) in [5, 5.41) is 0. The topological polar surface area (TPSA) is 0 Å². The molecule has 1 atom stereocenters. The lowest BCUT2D eigenvalue weighted by Gasteiger charge is -2.27. The van der Waals surface area contributed by atoms with Crippen molar-refractivity contribution in [3.8, 4) is 0 Å². The zero-order valence-corrected chi connectivity index (χ0v) is 16.0. The highest BCUT2D eigenvalue weighted by atomic mass is 14.3. The van der Waals surface area contributed by atoms with Crippen molar-refractivity contribution in [1.82, 2.24) is 0 Å². The molecule has 0 heterocycles. The van der Waals surface area contributed by atoms with Crippen LogP contribution in [0.15, 0.2) is 72.8 Å². The van der Waals surface area contributed by atoms with Gasteiger partial charge in [0.1, 0.15) is 0 Å². The zero-order valence-electron chi connectivity index (χ0n) is 16.0. The van der Waals surface area contributed by atoms with Crippen molar-refractivity contribution < 1.29 is 0 Å². The largest absolute Gasteiger partial charge is 0.0617 e. The fourth-order valence-corrected chi connectivity index (χ4v) is 3.38. The summed E-state index contributed by atoms with van der Waals surface area (Å²) in [7, 11) is 0. The van der Waals surface area contributed by atoms with Gasteiger partial charge in [-0.1, -0.05) is 105 Å². The third-order valence-electron chi connectivity index (χ3n) is 5.46. The second kappa shape index (κ2) is 6.88. The Labute approximate surface area is 152 Å². The van der Waals surface area contributed by atoms with Crippen LogP contribution in [0.1, 0.15) is 60.1 Å². The average molecular weight is 328 g/mol. The Kier molecular flexibility index (Phi) is 4.81. The maximum Gasteiger partial charge on any atom is 0.0146 e. The smallest absolute Gasteiger partial charge is 0.0146 e. The van der Waals surface area contributed by atoms with Gasteiger partial charge in [-0.05, 0) is 36.1 Å². The summed E-state index contributed by atoms with van der Waals surface area (Å²) in [6.07, 6.45) is 0. The van der Waals surface area contributed by atoms with E-state index in [-0.39, 0.29) is 5.41 Å². The van der Waals surface area contributed by atoms with E-state index in [1.165, 1.54) is 33.4 Å². The molecular formula is C25H28. The van der Waals surface area contributed by atoms with Crippen molar-refractivity contribution >= 4 is 0 Å². The van der Waals surface area contributed by atoms with E-state index in [1.807, 2.05) is 0 Å². The lowest BCUT2D eigenvalue weighted by atomic mass is 9.76. The molecule has 0 nitrogen and oxygen atoms in total. The molecule has 3 rings (SSSR count). The van der Waals surface area contributed by atoms with E-state index in [2.05, 4.69) is 107 Å². The number of aryl methyl sites for hydroxylation is 2. The SMILES string of the molecule is Cc1ccc(C(C)c2cccc(C(C)(C)c3ccc(C)cc3)c2)cc1. The molecule has 0 saturated carbocycles. The van der Waals surface area contributed by atoms with Gasteiger partial charge in [0, 0.05) is 11.3 Å². The third kappa shape index (κ3) is 3.69. The minimum atomic E-state index is -0.00327. The highest BCUT2D eigenvalue weighted by molar-refractivity contribution is 5.42. The van der Waals surface area contributed by atoms with E-state index in [1.54, 1.807) is 0 Å². The van der Waals surface area contributed by atoms with Crippen molar-refractivity contribution in [3.05, 3.63) is 106 Å². The van der Waals surface area contributed by atoms with E-state index >= 15 is 0 Å². The van der Waals surface area contributed by atoms with Gasteiger partial charge in [0.05, 0.1) is 0 Å². The van der Waals surface area contributed by atoms with Gasteiger partial charge in [-0.25, -0.2) is 0 Å². The van der Waals surface area contributed by atoms with Gasteiger partial charge in [0.25, 0.3) is 0 Å². The minimum absolute atomic E-state index is 0.00327. The standard InChI is InChI=1S/C25H28/c1-18-9-13-21(14-10-18)20(3)22-7-6-8-24(17-22)25(4,5)23-15-11-19(2)12-16-23/h6-17,20H,1-5H3. The lowest BCUT2D eigenvalue weighted by molar-refractivity contribution is 0.638. The van der Waals surface area contributed by atoms with E-state index in [0.717, 1.165) is 0 Å². The van der Waals surface area contributed by atoms with Crippen molar-refractivity contribution in [3.63, 3.8) is 0 Å². The van der Waals surface area contributed by atoms with Crippen LogP contribution in [0.2, 0.25) is 0 Å². The van der Waals surface area contributed by atoms with Crippen molar-refractivity contribution in [1.29, 1.82) is 0 Å². The maximum atomic E-state index is 2.38. The fraction of sp³-hybridized carbons (Fsp3) is 0.280. The van der Waals surface area contributed by atoms with Crippen LogP contribution in [0.5, 0.6) is 0 Å². The summed E-state index contributed by atoms with van der Waals surface area (Å²) in [6.45, 7) is 11.2. The molecule has 0 aromatic heterocycles. The molecule has 0 aliphatic rings. The normalized spacial score (nSPS) is 12.8. The molecule has 0 fully saturated rings. The second-order valence-corrected chi connectivity index (χ2v) is 7.75. The van der Waals surface area contributed by atoms with Gasteiger partial charge in [-0.3, -0.25) is 0 Å². The second-order valence-electron chi connectivity index (χ2n) is 7.75. The predicted octanol–water partition coefficient (Wildman–Crippen LogP) is 6.78. The first-order chi connectivity index (χ1) is 11.9. The molecule has 3 aromatic carbocycles. The molecule has 0 heteroatoms. The van der Waals surface area contributed by atoms with E-state index in [4.69, 9.17) is 0 Å². The van der Waals surface area contributed by atoms with E-state index in [9.17, 15) is 0 Å². The minimum Gasteiger partial charge on any atom is -0.0617 e. The van der Waals surface area contributed by atoms with Gasteiger partial charge in [0.2, 0.25) is 0 Å². The molecule has 0 amide bonds. The molecule has 3 aromatic rings. The Bertz CT molecular complexity index is 836. The number of hydrogen-bond acceptors (Lipinski definition) is 0. The molecule has 128 valence electrons. The highest BCUT2D eigenvalue weighted by Crippen LogP contribution is 2.34. The monoisotopic (exact) mass is 328 g/mol. The molecule has 0 aliphatic carbocycles. The van der Waals surface area contributed by atoms with Crippen LogP contribution in [-0.4, -0.2) is 0 Å². The van der Waals surface area contributed by atoms with Gasteiger partial charge in [-0.15, -0.1) is 0 Å². The molecule has 0 aliphatic heterocycles. The van der Waals surface area contributed by atoms with Crippen LogP contribution >= 0.6 is 0 Å². The number of hydrogen-bond donors (Lipinski definition) is 0. The Morgan fingerprint density at radius 1 is 0.640 bits per heavy atom. The molecule has 0 N–H and O–H groups in total. The molecular weight excluding hydrogens is 300 g/mol. The number of rotatable bonds is 4. The summed E-state index contributed by atoms with van der Waals surface area (Å²) in [5.74, 6) is 0.398. The molecule has 0 radical (unpaired) electrons. The van der Waals surface area contributed by atoms with E-state index in [0.29, 0.717) is 5.92 Å². The summed E-state index contributed by atoms with van der Waals surface area (Å²) in [4.78, 5) is 0. The zero-order chi connectivity index (χ0) is 18.0. The molecule has 0 saturated heterocycles. The molecule has 0 bridgehead atoms. The Morgan fingerprint density at radius 2 is 1.20 bits per heavy atom. The number of benzene rings is 3. The fourth-order valence-electron chi connectivity index (χ4n) is 3.38. The van der Waals surface area contributed by atoms with Crippen molar-refractivity contribution in [2.24, 2.45) is 0 Å². The van der Waals surface area contributed by atoms with Crippen LogP contribution in [0.4, 0.5) is 0 Å². The average Bonchev–Trinajstić information content (AvgIpc) is 2.62. The summed E-state index contributed by atoms with van der Waals surface area (Å²) >= 11 is 0. The van der Waals surface area contributed by atoms with Crippen LogP contribution in [0.3, 0.4) is 0 Å². The van der Waals surface area contributed by atoms with Gasteiger partial charge in [-0.2, -0.15) is 0 Å². The van der Waals surface area contributed by atoms with Gasteiger partial charge in [0.15, 0.2) is 0 Å². The van der Waals surface area contributed by atoms with Gasteiger partial charge >= 0.3 is 0 Å². The Morgan fingerprint density at radius 3 is 1.80 bits per heavy atom. The summed E-state index contributed by atoms with van der Waals surface area (Å²) in [5.41, 5.74) is 8.09.